The van der Waals surface area contributed by atoms with Gasteiger partial charge in [0.1, 0.15) is 5.82 Å². The van der Waals surface area contributed by atoms with Gasteiger partial charge in [-0.25, -0.2) is 4.98 Å². The predicted octanol–water partition coefficient (Wildman–Crippen LogP) is 4.02. The topological polar surface area (TPSA) is 28.7 Å². The van der Waals surface area contributed by atoms with Gasteiger partial charge in [-0.15, -0.1) is 0 Å². The molecule has 0 aliphatic heterocycles. The highest BCUT2D eigenvalue weighted by Crippen LogP contribution is 2.37. The van der Waals surface area contributed by atoms with E-state index in [0.29, 0.717) is 0 Å². The standard InChI is InChI=1S/C16H18N2/c1-12-7-5-6-10-16(12,2)11-15-17-13-8-3-4-9-14(13)18-15/h3-9H,10-11H2,1-2H3,(H,17,18). The van der Waals surface area contributed by atoms with Crippen LogP contribution in [0, 0.1) is 5.41 Å². The van der Waals surface area contributed by atoms with E-state index in [2.05, 4.69) is 54.2 Å². The summed E-state index contributed by atoms with van der Waals surface area (Å²) in [6, 6.07) is 8.21. The molecule has 92 valence electrons. The highest BCUT2D eigenvalue weighted by molar-refractivity contribution is 5.74. The summed E-state index contributed by atoms with van der Waals surface area (Å²) in [5, 5.41) is 0. The van der Waals surface area contributed by atoms with E-state index in [9.17, 15) is 0 Å². The molecule has 0 bridgehead atoms. The quantitative estimate of drug-likeness (QED) is 0.841. The van der Waals surface area contributed by atoms with E-state index < -0.39 is 0 Å². The first kappa shape index (κ1) is 11.3. The van der Waals surface area contributed by atoms with Crippen molar-refractivity contribution in [1.29, 1.82) is 0 Å². The number of rotatable bonds is 2. The molecule has 0 saturated heterocycles. The molecule has 0 saturated carbocycles. The van der Waals surface area contributed by atoms with Crippen LogP contribution in [0.5, 0.6) is 0 Å². The summed E-state index contributed by atoms with van der Waals surface area (Å²) in [4.78, 5) is 8.11. The molecule has 0 amide bonds. The summed E-state index contributed by atoms with van der Waals surface area (Å²) in [6.07, 6.45) is 8.66. The van der Waals surface area contributed by atoms with Gasteiger partial charge in [-0.3, -0.25) is 0 Å². The molecule has 0 fully saturated rings. The summed E-state index contributed by atoms with van der Waals surface area (Å²) in [7, 11) is 0. The van der Waals surface area contributed by atoms with E-state index in [0.717, 1.165) is 29.7 Å². The van der Waals surface area contributed by atoms with Crippen LogP contribution >= 0.6 is 0 Å². The van der Waals surface area contributed by atoms with Gasteiger partial charge in [0.2, 0.25) is 0 Å². The average molecular weight is 238 g/mol. The Morgan fingerprint density at radius 2 is 2.17 bits per heavy atom. The van der Waals surface area contributed by atoms with Crippen molar-refractivity contribution in [3.05, 3.63) is 53.9 Å². The first-order valence-corrected chi connectivity index (χ1v) is 6.45. The van der Waals surface area contributed by atoms with E-state index in [4.69, 9.17) is 0 Å². The first-order chi connectivity index (χ1) is 8.67. The average Bonchev–Trinajstić information content (AvgIpc) is 2.75. The molecular formula is C16H18N2. The lowest BCUT2D eigenvalue weighted by Crippen LogP contribution is -2.22. The molecular weight excluding hydrogens is 220 g/mol. The van der Waals surface area contributed by atoms with E-state index in [1.54, 1.807) is 0 Å². The molecule has 2 nitrogen and oxygen atoms in total. The van der Waals surface area contributed by atoms with Gasteiger partial charge in [-0.05, 0) is 30.9 Å². The minimum absolute atomic E-state index is 0.197. The molecule has 1 atom stereocenters. The lowest BCUT2D eigenvalue weighted by atomic mass is 9.74. The highest BCUT2D eigenvalue weighted by Gasteiger charge is 2.28. The Hall–Kier alpha value is -1.83. The van der Waals surface area contributed by atoms with Crippen molar-refractivity contribution in [3.63, 3.8) is 0 Å². The van der Waals surface area contributed by atoms with Crippen LogP contribution in [0.1, 0.15) is 26.1 Å². The molecule has 18 heavy (non-hydrogen) atoms. The highest BCUT2D eigenvalue weighted by atomic mass is 14.9. The molecule has 1 heterocycles. The number of aromatic nitrogens is 2. The molecule has 3 rings (SSSR count). The minimum atomic E-state index is 0.197. The van der Waals surface area contributed by atoms with Crippen LogP contribution in [0.3, 0.4) is 0 Å². The number of para-hydroxylation sites is 2. The summed E-state index contributed by atoms with van der Waals surface area (Å²) in [5.74, 6) is 1.08. The van der Waals surface area contributed by atoms with Gasteiger partial charge in [0.15, 0.2) is 0 Å². The fourth-order valence-electron chi connectivity index (χ4n) is 2.57. The van der Waals surface area contributed by atoms with Crippen molar-refractivity contribution in [2.75, 3.05) is 0 Å². The number of hydrogen-bond acceptors (Lipinski definition) is 1. The molecule has 1 N–H and O–H groups in total. The second kappa shape index (κ2) is 4.13. The number of allylic oxidation sites excluding steroid dienone is 4. The molecule has 2 heteroatoms. The lowest BCUT2D eigenvalue weighted by molar-refractivity contribution is 0.388. The van der Waals surface area contributed by atoms with Crippen LogP contribution in [0.2, 0.25) is 0 Å². The fourth-order valence-corrected chi connectivity index (χ4v) is 2.57. The number of H-pyrrole nitrogens is 1. The Kier molecular flexibility index (Phi) is 2.58. The van der Waals surface area contributed by atoms with Crippen molar-refractivity contribution in [2.24, 2.45) is 5.41 Å². The molecule has 0 spiro atoms. The van der Waals surface area contributed by atoms with Gasteiger partial charge in [-0.2, -0.15) is 0 Å². The number of imidazole rings is 1. The van der Waals surface area contributed by atoms with Crippen LogP contribution in [-0.4, -0.2) is 9.97 Å². The van der Waals surface area contributed by atoms with Crippen molar-refractivity contribution < 1.29 is 0 Å². The minimum Gasteiger partial charge on any atom is -0.342 e. The Morgan fingerprint density at radius 1 is 1.33 bits per heavy atom. The summed E-state index contributed by atoms with van der Waals surface area (Å²) in [6.45, 7) is 4.53. The van der Waals surface area contributed by atoms with Crippen LogP contribution in [0.15, 0.2) is 48.1 Å². The van der Waals surface area contributed by atoms with Gasteiger partial charge >= 0.3 is 0 Å². The zero-order valence-electron chi connectivity index (χ0n) is 10.9. The third-order valence-corrected chi connectivity index (χ3v) is 4.00. The first-order valence-electron chi connectivity index (χ1n) is 6.45. The number of aromatic amines is 1. The van der Waals surface area contributed by atoms with Crippen LogP contribution in [-0.2, 0) is 6.42 Å². The van der Waals surface area contributed by atoms with E-state index in [-0.39, 0.29) is 5.41 Å². The maximum atomic E-state index is 4.68. The molecule has 1 aliphatic rings. The monoisotopic (exact) mass is 238 g/mol. The van der Waals surface area contributed by atoms with Crippen LogP contribution in [0.4, 0.5) is 0 Å². The number of nitrogens with one attached hydrogen (secondary N) is 1. The second-order valence-electron chi connectivity index (χ2n) is 5.42. The zero-order valence-corrected chi connectivity index (χ0v) is 10.9. The van der Waals surface area contributed by atoms with Crippen LogP contribution in [0.25, 0.3) is 11.0 Å². The van der Waals surface area contributed by atoms with E-state index >= 15 is 0 Å². The summed E-state index contributed by atoms with van der Waals surface area (Å²) >= 11 is 0. The molecule has 0 radical (unpaired) electrons. The van der Waals surface area contributed by atoms with Gasteiger partial charge in [0.25, 0.3) is 0 Å². The zero-order chi connectivity index (χ0) is 12.6. The molecule has 2 aromatic rings. The number of hydrogen-bond donors (Lipinski definition) is 1. The van der Waals surface area contributed by atoms with Crippen molar-refractivity contribution in [3.8, 4) is 0 Å². The van der Waals surface area contributed by atoms with E-state index in [1.165, 1.54) is 5.57 Å². The number of benzene rings is 1. The van der Waals surface area contributed by atoms with Crippen molar-refractivity contribution in [2.45, 2.75) is 26.7 Å². The SMILES string of the molecule is CC1=CC=CCC1(C)Cc1nc2ccccc2[nH]1. The largest absolute Gasteiger partial charge is 0.342 e. The number of nitrogens with zero attached hydrogens (tertiary/aromatic N) is 1. The Morgan fingerprint density at radius 3 is 2.94 bits per heavy atom. The van der Waals surface area contributed by atoms with Gasteiger partial charge in [0, 0.05) is 6.42 Å². The lowest BCUT2D eigenvalue weighted by Gasteiger charge is -2.30. The predicted molar refractivity (Wildman–Crippen MR) is 75.4 cm³/mol. The normalized spacial score (nSPS) is 23.3. The maximum Gasteiger partial charge on any atom is 0.108 e. The van der Waals surface area contributed by atoms with Gasteiger partial charge in [-0.1, -0.05) is 42.9 Å². The molecule has 1 aliphatic carbocycles. The van der Waals surface area contributed by atoms with Gasteiger partial charge in [0.05, 0.1) is 11.0 Å². The fraction of sp³-hybridized carbons (Fsp3) is 0.312. The Balaban J connectivity index is 1.92. The third-order valence-electron chi connectivity index (χ3n) is 4.00. The smallest absolute Gasteiger partial charge is 0.108 e. The molecule has 1 aromatic carbocycles. The van der Waals surface area contributed by atoms with Crippen molar-refractivity contribution in [1.82, 2.24) is 9.97 Å². The second-order valence-corrected chi connectivity index (χ2v) is 5.42. The number of fused-ring (bicyclic) bond motifs is 1. The third kappa shape index (κ3) is 1.88. The Labute approximate surface area is 107 Å². The summed E-state index contributed by atoms with van der Waals surface area (Å²) in [5.41, 5.74) is 3.82. The Bertz CT molecular complexity index is 600. The molecule has 1 aromatic heterocycles. The van der Waals surface area contributed by atoms with Crippen molar-refractivity contribution >= 4 is 11.0 Å². The van der Waals surface area contributed by atoms with Crippen LogP contribution < -0.4 is 0 Å². The molecule has 1 unspecified atom stereocenters. The van der Waals surface area contributed by atoms with Gasteiger partial charge < -0.3 is 4.98 Å². The summed E-state index contributed by atoms with van der Waals surface area (Å²) < 4.78 is 0. The van der Waals surface area contributed by atoms with E-state index in [1.807, 2.05) is 12.1 Å². The maximum absolute atomic E-state index is 4.68.